The molecule has 0 saturated carbocycles. The Kier molecular flexibility index (Phi) is 4.42. The van der Waals surface area contributed by atoms with Crippen LogP contribution in [0.2, 0.25) is 5.28 Å². The van der Waals surface area contributed by atoms with E-state index in [9.17, 15) is 5.11 Å². The van der Waals surface area contributed by atoms with Gasteiger partial charge in [0.1, 0.15) is 5.75 Å². The minimum Gasteiger partial charge on any atom is -0.508 e. The maximum Gasteiger partial charge on any atom is 0.226 e. The van der Waals surface area contributed by atoms with E-state index in [1.54, 1.807) is 18.5 Å². The van der Waals surface area contributed by atoms with E-state index in [4.69, 9.17) is 16.3 Å². The van der Waals surface area contributed by atoms with Crippen molar-refractivity contribution in [2.45, 2.75) is 18.9 Å². The zero-order chi connectivity index (χ0) is 17.2. The van der Waals surface area contributed by atoms with E-state index >= 15 is 0 Å². The Balaban J connectivity index is 1.53. The van der Waals surface area contributed by atoms with Crippen LogP contribution in [0.3, 0.4) is 0 Å². The number of phenolic OH excluding ortho intramolecular Hbond substituents is 1. The third-order valence-electron chi connectivity index (χ3n) is 4.34. The number of aromatic hydroxyl groups is 1. The summed E-state index contributed by atoms with van der Waals surface area (Å²) in [6, 6.07) is 7.39. The summed E-state index contributed by atoms with van der Waals surface area (Å²) in [6.07, 6.45) is 3.51. The number of fused-ring (bicyclic) bond motifs is 1. The molecule has 1 atom stereocenters. The average molecular weight is 360 g/mol. The third kappa shape index (κ3) is 3.38. The normalized spacial score (nSPS) is 17.2. The molecule has 3 aromatic rings. The van der Waals surface area contributed by atoms with Gasteiger partial charge < -0.3 is 19.7 Å². The molecule has 0 spiro atoms. The van der Waals surface area contributed by atoms with E-state index in [0.717, 1.165) is 30.7 Å². The van der Waals surface area contributed by atoms with E-state index in [-0.39, 0.29) is 17.1 Å². The first-order valence-electron chi connectivity index (χ1n) is 8.20. The van der Waals surface area contributed by atoms with Crippen LogP contribution in [0, 0.1) is 0 Å². The van der Waals surface area contributed by atoms with E-state index in [2.05, 4.69) is 20.3 Å². The maximum atomic E-state index is 9.33. The van der Waals surface area contributed by atoms with Crippen LogP contribution in [-0.4, -0.2) is 44.4 Å². The first kappa shape index (κ1) is 16.1. The van der Waals surface area contributed by atoms with Gasteiger partial charge in [-0.15, -0.1) is 0 Å². The van der Waals surface area contributed by atoms with Crippen molar-refractivity contribution >= 4 is 28.6 Å². The van der Waals surface area contributed by atoms with E-state index in [0.29, 0.717) is 24.5 Å². The van der Waals surface area contributed by atoms with Crippen LogP contribution in [0.15, 0.2) is 30.6 Å². The van der Waals surface area contributed by atoms with Crippen molar-refractivity contribution in [1.29, 1.82) is 0 Å². The van der Waals surface area contributed by atoms with Crippen LogP contribution in [0.4, 0.5) is 5.82 Å². The van der Waals surface area contributed by atoms with Gasteiger partial charge in [-0.1, -0.05) is 12.1 Å². The van der Waals surface area contributed by atoms with Crippen LogP contribution in [0.5, 0.6) is 5.75 Å². The smallest absolute Gasteiger partial charge is 0.226 e. The van der Waals surface area contributed by atoms with Gasteiger partial charge in [-0.2, -0.15) is 9.97 Å². The van der Waals surface area contributed by atoms with E-state index < -0.39 is 0 Å². The van der Waals surface area contributed by atoms with Crippen LogP contribution < -0.4 is 5.32 Å². The largest absolute Gasteiger partial charge is 0.508 e. The lowest BCUT2D eigenvalue weighted by Crippen LogP contribution is -2.10. The number of benzene rings is 1. The highest BCUT2D eigenvalue weighted by atomic mass is 35.5. The number of phenols is 1. The Morgan fingerprint density at radius 1 is 1.28 bits per heavy atom. The summed E-state index contributed by atoms with van der Waals surface area (Å²) in [4.78, 5) is 13.1. The second-order valence-corrected chi connectivity index (χ2v) is 6.36. The molecule has 8 heteroatoms. The molecule has 25 heavy (non-hydrogen) atoms. The van der Waals surface area contributed by atoms with Gasteiger partial charge >= 0.3 is 0 Å². The molecule has 1 fully saturated rings. The van der Waals surface area contributed by atoms with Gasteiger partial charge in [0.2, 0.25) is 5.28 Å². The highest BCUT2D eigenvalue weighted by Crippen LogP contribution is 2.27. The highest BCUT2D eigenvalue weighted by Gasteiger charge is 2.22. The summed E-state index contributed by atoms with van der Waals surface area (Å²) in [7, 11) is 0. The molecular formula is C17H18ClN5O2. The fourth-order valence-corrected chi connectivity index (χ4v) is 3.17. The summed E-state index contributed by atoms with van der Waals surface area (Å²) in [6.45, 7) is 2.09. The monoisotopic (exact) mass is 359 g/mol. The minimum absolute atomic E-state index is 0.195. The maximum absolute atomic E-state index is 9.33. The molecule has 0 aliphatic carbocycles. The number of nitrogens with one attached hydrogen (secondary N) is 1. The first-order valence-corrected chi connectivity index (χ1v) is 8.58. The summed E-state index contributed by atoms with van der Waals surface area (Å²) in [5.41, 5.74) is 2.56. The molecule has 0 radical (unpaired) electrons. The fourth-order valence-electron chi connectivity index (χ4n) is 3.01. The van der Waals surface area contributed by atoms with Crippen molar-refractivity contribution in [3.05, 3.63) is 41.4 Å². The number of hydrogen-bond donors (Lipinski definition) is 2. The molecule has 1 aliphatic heterocycles. The number of aromatic nitrogens is 4. The zero-order valence-corrected chi connectivity index (χ0v) is 14.3. The predicted octanol–water partition coefficient (Wildman–Crippen LogP) is 2.80. The van der Waals surface area contributed by atoms with Crippen molar-refractivity contribution in [2.75, 3.05) is 25.1 Å². The molecule has 1 saturated heterocycles. The lowest BCUT2D eigenvalue weighted by atomic mass is 10.1. The van der Waals surface area contributed by atoms with Crippen molar-refractivity contribution in [3.63, 3.8) is 0 Å². The first-order chi connectivity index (χ1) is 12.2. The van der Waals surface area contributed by atoms with Gasteiger partial charge in [-0.3, -0.25) is 0 Å². The summed E-state index contributed by atoms with van der Waals surface area (Å²) < 4.78 is 7.47. The number of hydrogen-bond acceptors (Lipinski definition) is 6. The molecule has 7 nitrogen and oxygen atoms in total. The van der Waals surface area contributed by atoms with Crippen LogP contribution in [0.1, 0.15) is 18.0 Å². The van der Waals surface area contributed by atoms with Crippen molar-refractivity contribution in [3.8, 4) is 5.75 Å². The topological polar surface area (TPSA) is 85.1 Å². The lowest BCUT2D eigenvalue weighted by molar-refractivity contribution is 0.187. The zero-order valence-electron chi connectivity index (χ0n) is 13.5. The fraction of sp³-hybridized carbons (Fsp3) is 0.353. The Labute approximate surface area is 149 Å². The molecule has 2 aromatic heterocycles. The lowest BCUT2D eigenvalue weighted by Gasteiger charge is -2.11. The van der Waals surface area contributed by atoms with Crippen LogP contribution in [-0.2, 0) is 11.2 Å². The van der Waals surface area contributed by atoms with Crippen molar-refractivity contribution in [2.24, 2.45) is 0 Å². The molecule has 0 amide bonds. The van der Waals surface area contributed by atoms with Crippen molar-refractivity contribution in [1.82, 2.24) is 19.5 Å². The highest BCUT2D eigenvalue weighted by molar-refractivity contribution is 6.28. The van der Waals surface area contributed by atoms with Gasteiger partial charge in [0.05, 0.1) is 19.0 Å². The molecular weight excluding hydrogens is 342 g/mol. The molecule has 1 aromatic carbocycles. The summed E-state index contributed by atoms with van der Waals surface area (Å²) in [5, 5.41) is 12.8. The second kappa shape index (κ2) is 6.85. The number of imidazole rings is 1. The quantitative estimate of drug-likeness (QED) is 0.681. The SMILES string of the molecule is Oc1ccc(CCNc2nc(Cl)nc3c2ncn3[C@@H]2CCOC2)cc1. The Hall–Kier alpha value is -2.38. The Bertz CT molecular complexity index is 875. The van der Waals surface area contributed by atoms with Gasteiger partial charge in [0, 0.05) is 13.2 Å². The molecule has 1 aliphatic rings. The van der Waals surface area contributed by atoms with Crippen LogP contribution >= 0.6 is 11.6 Å². The molecule has 0 bridgehead atoms. The number of nitrogens with zero attached hydrogens (tertiary/aromatic N) is 4. The van der Waals surface area contributed by atoms with Crippen molar-refractivity contribution < 1.29 is 9.84 Å². The molecule has 3 heterocycles. The second-order valence-electron chi connectivity index (χ2n) is 6.03. The third-order valence-corrected chi connectivity index (χ3v) is 4.50. The van der Waals surface area contributed by atoms with Gasteiger partial charge in [-0.25, -0.2) is 4.98 Å². The summed E-state index contributed by atoms with van der Waals surface area (Å²) >= 11 is 6.11. The minimum atomic E-state index is 0.195. The van der Waals surface area contributed by atoms with E-state index in [1.165, 1.54) is 0 Å². The molecule has 0 unspecified atom stereocenters. The molecule has 2 N–H and O–H groups in total. The van der Waals surface area contributed by atoms with Gasteiger partial charge in [-0.05, 0) is 42.1 Å². The Morgan fingerprint density at radius 3 is 2.88 bits per heavy atom. The number of ether oxygens (including phenoxy) is 1. The average Bonchev–Trinajstić information content (AvgIpc) is 3.25. The number of halogens is 1. The molecule has 4 rings (SSSR count). The Morgan fingerprint density at radius 2 is 2.12 bits per heavy atom. The number of anilines is 1. The summed E-state index contributed by atoms with van der Waals surface area (Å²) in [5.74, 6) is 0.897. The van der Waals surface area contributed by atoms with Crippen LogP contribution in [0.25, 0.3) is 11.2 Å². The van der Waals surface area contributed by atoms with Gasteiger partial charge in [0.15, 0.2) is 17.0 Å². The van der Waals surface area contributed by atoms with E-state index in [1.807, 2.05) is 16.7 Å². The predicted molar refractivity (Wildman–Crippen MR) is 95.1 cm³/mol. The van der Waals surface area contributed by atoms with Gasteiger partial charge in [0.25, 0.3) is 0 Å². The number of rotatable bonds is 5. The molecule has 130 valence electrons. The standard InChI is InChI=1S/C17H18ClN5O2/c18-17-21-15(19-7-5-11-1-3-13(24)4-2-11)14-16(22-17)23(10-20-14)12-6-8-25-9-12/h1-4,10,12,24H,5-9H2,(H,19,21,22)/t12-/m1/s1.